The number of aryl methyl sites for hydroxylation is 2. The first-order valence-electron chi connectivity index (χ1n) is 13.0. The SMILES string of the molecule is NC(=O)CCNCCCOc1ccc(CCc2coc3cccc(O[C@@H]4O[C@H](CO)[C@@H](O)[C@H](O)[C@H]4O)c23)cc1. The van der Waals surface area contributed by atoms with Gasteiger partial charge < -0.3 is 50.1 Å². The van der Waals surface area contributed by atoms with Crippen LogP contribution in [0.1, 0.15) is 24.0 Å². The van der Waals surface area contributed by atoms with Gasteiger partial charge >= 0.3 is 0 Å². The van der Waals surface area contributed by atoms with Crippen LogP contribution >= 0.6 is 0 Å². The minimum atomic E-state index is -1.53. The molecule has 212 valence electrons. The fraction of sp³-hybridized carbons (Fsp3) is 0.464. The van der Waals surface area contributed by atoms with E-state index >= 15 is 0 Å². The van der Waals surface area contributed by atoms with Gasteiger partial charge in [0.05, 0.1) is 24.9 Å². The van der Waals surface area contributed by atoms with Gasteiger partial charge in [0.15, 0.2) is 0 Å². The second kappa shape index (κ2) is 13.7. The molecule has 0 radical (unpaired) electrons. The number of aliphatic hydroxyl groups is 4. The molecule has 1 saturated heterocycles. The molecule has 7 N–H and O–H groups in total. The number of rotatable bonds is 14. The van der Waals surface area contributed by atoms with Crippen LogP contribution in [0.25, 0.3) is 11.0 Å². The van der Waals surface area contributed by atoms with E-state index in [0.29, 0.717) is 37.3 Å². The topological polar surface area (TPSA) is 177 Å². The molecule has 2 aromatic carbocycles. The van der Waals surface area contributed by atoms with Crippen LogP contribution in [-0.4, -0.2) is 83.3 Å². The van der Waals surface area contributed by atoms with Gasteiger partial charge in [0, 0.05) is 18.5 Å². The van der Waals surface area contributed by atoms with Gasteiger partial charge in [-0.05, 0) is 55.6 Å². The fourth-order valence-electron chi connectivity index (χ4n) is 4.45. The predicted molar refractivity (Wildman–Crippen MR) is 141 cm³/mol. The monoisotopic (exact) mass is 544 g/mol. The molecule has 1 aliphatic rings. The van der Waals surface area contributed by atoms with E-state index in [0.717, 1.165) is 41.6 Å². The summed E-state index contributed by atoms with van der Waals surface area (Å²) in [6.45, 7) is 1.33. The Morgan fingerprint density at radius 3 is 2.54 bits per heavy atom. The maximum absolute atomic E-state index is 10.7. The van der Waals surface area contributed by atoms with Gasteiger partial charge in [-0.2, -0.15) is 0 Å². The molecule has 1 fully saturated rings. The maximum atomic E-state index is 10.7. The number of hydrogen-bond acceptors (Lipinski definition) is 10. The summed E-state index contributed by atoms with van der Waals surface area (Å²) < 4.78 is 22.9. The maximum Gasteiger partial charge on any atom is 0.229 e. The van der Waals surface area contributed by atoms with Crippen LogP contribution in [0.2, 0.25) is 0 Å². The highest BCUT2D eigenvalue weighted by Crippen LogP contribution is 2.34. The van der Waals surface area contributed by atoms with Gasteiger partial charge in [-0.15, -0.1) is 0 Å². The fourth-order valence-corrected chi connectivity index (χ4v) is 4.45. The third kappa shape index (κ3) is 7.47. The number of benzene rings is 2. The number of nitrogens with one attached hydrogen (secondary N) is 1. The molecule has 2 heterocycles. The summed E-state index contributed by atoms with van der Waals surface area (Å²) >= 11 is 0. The number of primary amides is 1. The molecular weight excluding hydrogens is 508 g/mol. The normalized spacial score (nSPS) is 23.1. The Morgan fingerprint density at radius 2 is 1.79 bits per heavy atom. The molecule has 1 amide bonds. The van der Waals surface area contributed by atoms with Crippen LogP contribution < -0.4 is 20.5 Å². The molecule has 3 aromatic rings. The summed E-state index contributed by atoms with van der Waals surface area (Å²) in [6.07, 6.45) is -2.66. The van der Waals surface area contributed by atoms with E-state index < -0.39 is 37.3 Å². The molecule has 0 bridgehead atoms. The van der Waals surface area contributed by atoms with Gasteiger partial charge in [0.2, 0.25) is 12.2 Å². The number of carbonyl (C=O) groups is 1. The molecule has 0 unspecified atom stereocenters. The lowest BCUT2D eigenvalue weighted by atomic mass is 9.99. The Balaban J connectivity index is 1.32. The Morgan fingerprint density at radius 1 is 1.00 bits per heavy atom. The molecule has 39 heavy (non-hydrogen) atoms. The Labute approximate surface area is 226 Å². The number of ether oxygens (including phenoxy) is 3. The van der Waals surface area contributed by atoms with E-state index in [1.807, 2.05) is 24.3 Å². The summed E-state index contributed by atoms with van der Waals surface area (Å²) in [6, 6.07) is 13.1. The number of aliphatic hydroxyl groups excluding tert-OH is 4. The number of hydrogen-bond donors (Lipinski definition) is 6. The van der Waals surface area contributed by atoms with Crippen molar-refractivity contribution in [2.24, 2.45) is 5.73 Å². The number of furan rings is 1. The van der Waals surface area contributed by atoms with Crippen LogP contribution in [0.3, 0.4) is 0 Å². The lowest BCUT2D eigenvalue weighted by Gasteiger charge is -2.39. The third-order valence-electron chi connectivity index (χ3n) is 6.65. The summed E-state index contributed by atoms with van der Waals surface area (Å²) in [5.41, 5.74) is 7.71. The molecular formula is C28H36N2O9. The molecule has 11 nitrogen and oxygen atoms in total. The largest absolute Gasteiger partial charge is 0.494 e. The Kier molecular flexibility index (Phi) is 10.2. The first kappa shape index (κ1) is 28.8. The van der Waals surface area contributed by atoms with E-state index in [9.17, 15) is 25.2 Å². The number of amides is 1. The predicted octanol–water partition coefficient (Wildman–Crippen LogP) is 0.631. The van der Waals surface area contributed by atoms with Gasteiger partial charge in [0.1, 0.15) is 41.5 Å². The van der Waals surface area contributed by atoms with Crippen LogP contribution in [0.15, 0.2) is 53.1 Å². The molecule has 1 aliphatic heterocycles. The van der Waals surface area contributed by atoms with Crippen molar-refractivity contribution >= 4 is 16.9 Å². The second-order valence-electron chi connectivity index (χ2n) is 9.52. The number of carbonyl (C=O) groups excluding carboxylic acids is 1. The van der Waals surface area contributed by atoms with Gasteiger partial charge in [-0.25, -0.2) is 0 Å². The zero-order valence-corrected chi connectivity index (χ0v) is 21.6. The smallest absolute Gasteiger partial charge is 0.229 e. The highest BCUT2D eigenvalue weighted by molar-refractivity contribution is 5.87. The molecule has 11 heteroatoms. The van der Waals surface area contributed by atoms with E-state index in [1.54, 1.807) is 24.5 Å². The average Bonchev–Trinajstić information content (AvgIpc) is 3.36. The summed E-state index contributed by atoms with van der Waals surface area (Å²) in [4.78, 5) is 10.7. The lowest BCUT2D eigenvalue weighted by Crippen LogP contribution is -2.60. The van der Waals surface area contributed by atoms with Gasteiger partial charge in [0.25, 0.3) is 0 Å². The zero-order valence-electron chi connectivity index (χ0n) is 21.6. The molecule has 1 aromatic heterocycles. The average molecular weight is 545 g/mol. The van der Waals surface area contributed by atoms with Crippen molar-refractivity contribution in [1.29, 1.82) is 0 Å². The van der Waals surface area contributed by atoms with Gasteiger partial charge in [-0.3, -0.25) is 4.79 Å². The number of nitrogens with two attached hydrogens (primary N) is 1. The number of fused-ring (bicyclic) bond motifs is 1. The molecule has 0 aliphatic carbocycles. The highest BCUT2D eigenvalue weighted by Gasteiger charge is 2.44. The zero-order chi connectivity index (χ0) is 27.8. The van der Waals surface area contributed by atoms with Crippen molar-refractivity contribution < 1.29 is 43.8 Å². The summed E-state index contributed by atoms with van der Waals surface area (Å²) in [7, 11) is 0. The Bertz CT molecular complexity index is 1200. The summed E-state index contributed by atoms with van der Waals surface area (Å²) in [5, 5.41) is 43.8. The van der Waals surface area contributed by atoms with E-state index in [2.05, 4.69) is 5.32 Å². The molecule has 0 spiro atoms. The molecule has 0 saturated carbocycles. The van der Waals surface area contributed by atoms with Crippen molar-refractivity contribution in [2.75, 3.05) is 26.3 Å². The van der Waals surface area contributed by atoms with Crippen molar-refractivity contribution in [1.82, 2.24) is 5.32 Å². The first-order valence-corrected chi connectivity index (χ1v) is 13.0. The first-order chi connectivity index (χ1) is 18.9. The van der Waals surface area contributed by atoms with Crippen molar-refractivity contribution in [2.45, 2.75) is 56.4 Å². The Hall–Kier alpha value is -3.19. The minimum Gasteiger partial charge on any atom is -0.494 e. The standard InChI is InChI=1S/C28H36N2O9/c29-23(32)11-13-30-12-2-14-36-19-9-6-17(7-10-19)5-8-18-16-37-20-3-1-4-21(24(18)20)38-28-27(35)26(34)25(33)22(15-31)39-28/h1,3-4,6-7,9-10,16,22,25-28,30-31,33-35H,2,5,8,11-15H2,(H2,29,32)/t22-,25-,26+,27-,28-/m1/s1. The quantitative estimate of drug-likeness (QED) is 0.158. The highest BCUT2D eigenvalue weighted by atomic mass is 16.7. The van der Waals surface area contributed by atoms with Crippen LogP contribution in [0.5, 0.6) is 11.5 Å². The van der Waals surface area contributed by atoms with Gasteiger partial charge in [-0.1, -0.05) is 18.2 Å². The van der Waals surface area contributed by atoms with Crippen molar-refractivity contribution in [3.05, 3.63) is 59.9 Å². The van der Waals surface area contributed by atoms with E-state index in [1.165, 1.54) is 0 Å². The van der Waals surface area contributed by atoms with Crippen molar-refractivity contribution in [3.63, 3.8) is 0 Å². The van der Waals surface area contributed by atoms with Crippen molar-refractivity contribution in [3.8, 4) is 11.5 Å². The minimum absolute atomic E-state index is 0.318. The second-order valence-corrected chi connectivity index (χ2v) is 9.52. The lowest BCUT2D eigenvalue weighted by molar-refractivity contribution is -0.277. The molecule has 5 atom stereocenters. The van der Waals surface area contributed by atoms with Crippen LogP contribution in [-0.2, 0) is 22.4 Å². The van der Waals surface area contributed by atoms with E-state index in [-0.39, 0.29) is 5.91 Å². The summed E-state index contributed by atoms with van der Waals surface area (Å²) in [5.74, 6) is 0.856. The third-order valence-corrected chi connectivity index (χ3v) is 6.65. The van der Waals surface area contributed by atoms with Crippen LogP contribution in [0, 0.1) is 0 Å². The van der Waals surface area contributed by atoms with E-state index in [4.69, 9.17) is 24.4 Å². The van der Waals surface area contributed by atoms with Crippen LogP contribution in [0.4, 0.5) is 0 Å². The molecule has 4 rings (SSSR count).